The van der Waals surface area contributed by atoms with Crippen LogP contribution in [0.1, 0.15) is 27.0 Å². The Morgan fingerprint density at radius 3 is 1.88 bits per heavy atom. The maximum atomic E-state index is 13.9. The minimum absolute atomic E-state index is 0.00792. The second kappa shape index (κ2) is 6.37. The molecule has 0 fully saturated rings. The first kappa shape index (κ1) is 16.1. The predicted octanol–water partition coefficient (Wildman–Crippen LogP) is 3.79. The summed E-state index contributed by atoms with van der Waals surface area (Å²) < 4.78 is 13.9. The molecular formula is C19H12FO3S-. The van der Waals surface area contributed by atoms with Gasteiger partial charge in [-0.1, -0.05) is 48.5 Å². The molecule has 0 aliphatic carbocycles. The third kappa shape index (κ3) is 3.12. The second-order valence-corrected chi connectivity index (χ2v) is 6.30. The molecule has 3 aromatic rings. The summed E-state index contributed by atoms with van der Waals surface area (Å²) >= 11 is 0.562. The molecule has 0 atom stereocenters. The van der Waals surface area contributed by atoms with Crippen molar-refractivity contribution in [3.63, 3.8) is 0 Å². The van der Waals surface area contributed by atoms with E-state index >= 15 is 0 Å². The molecular weight excluding hydrogens is 327 g/mol. The number of carbonyl (C=O) groups is 2. The number of carboxylic acid groups (broad SMARTS) is 1. The van der Waals surface area contributed by atoms with E-state index in [1.807, 2.05) is 24.3 Å². The molecule has 120 valence electrons. The van der Waals surface area contributed by atoms with Crippen molar-refractivity contribution in [3.8, 4) is 22.3 Å². The molecule has 0 unspecified atom stereocenters. The zero-order chi connectivity index (χ0) is 17.3. The Morgan fingerprint density at radius 2 is 1.42 bits per heavy atom. The van der Waals surface area contributed by atoms with Crippen LogP contribution in [-0.4, -0.2) is 11.8 Å². The van der Waals surface area contributed by atoms with E-state index < -0.39 is 11.1 Å². The molecule has 3 rings (SSSR count). The first-order chi connectivity index (χ1) is 11.5. The van der Waals surface area contributed by atoms with Crippen molar-refractivity contribution in [2.24, 2.45) is 0 Å². The van der Waals surface area contributed by atoms with Crippen LogP contribution in [-0.2, 0) is 0 Å². The lowest BCUT2D eigenvalue weighted by atomic mass is 10.00. The molecule has 0 saturated carbocycles. The van der Waals surface area contributed by atoms with Gasteiger partial charge in [-0.05, 0) is 29.7 Å². The molecule has 0 bridgehead atoms. The van der Waals surface area contributed by atoms with Crippen LogP contribution in [0.2, 0.25) is 0 Å². The van der Waals surface area contributed by atoms with E-state index in [4.69, 9.17) is 0 Å². The zero-order valence-corrected chi connectivity index (χ0v) is 13.5. The number of carboxylic acids is 1. The Kier molecular flexibility index (Phi) is 4.27. The number of rotatable bonds is 4. The van der Waals surface area contributed by atoms with Gasteiger partial charge in [0.05, 0.1) is 10.8 Å². The highest BCUT2D eigenvalue weighted by Gasteiger charge is 2.11. The van der Waals surface area contributed by atoms with Crippen LogP contribution in [0, 0.1) is 5.13 Å². The Hall–Kier alpha value is -2.79. The highest BCUT2D eigenvalue weighted by Crippen LogP contribution is 2.31. The SMILES string of the molecule is CC(=O)c1ccc(-c2ccc(-c3cc(C(=O)[O-])sc3F)cc2)cc1. The van der Waals surface area contributed by atoms with Crippen LogP contribution in [0.25, 0.3) is 22.3 Å². The van der Waals surface area contributed by atoms with Gasteiger partial charge >= 0.3 is 0 Å². The van der Waals surface area contributed by atoms with Crippen molar-refractivity contribution in [1.29, 1.82) is 0 Å². The number of Topliss-reactive ketones (excluding diaryl/α,β-unsaturated/α-hetero) is 1. The van der Waals surface area contributed by atoms with Crippen molar-refractivity contribution in [3.05, 3.63) is 70.2 Å². The van der Waals surface area contributed by atoms with Gasteiger partial charge in [0.25, 0.3) is 0 Å². The highest BCUT2D eigenvalue weighted by atomic mass is 32.1. The number of aromatic carboxylic acids is 1. The molecule has 1 aromatic heterocycles. The van der Waals surface area contributed by atoms with Gasteiger partial charge in [-0.3, -0.25) is 4.79 Å². The van der Waals surface area contributed by atoms with Crippen LogP contribution >= 0.6 is 11.3 Å². The first-order valence-electron chi connectivity index (χ1n) is 7.18. The summed E-state index contributed by atoms with van der Waals surface area (Å²) in [5, 5.41) is 10.3. The minimum Gasteiger partial charge on any atom is -0.544 e. The number of halogens is 1. The van der Waals surface area contributed by atoms with E-state index in [9.17, 15) is 19.1 Å². The fourth-order valence-electron chi connectivity index (χ4n) is 2.41. The third-order valence-electron chi connectivity index (χ3n) is 3.71. The number of ketones is 1. The van der Waals surface area contributed by atoms with Crippen molar-refractivity contribution < 1.29 is 19.1 Å². The van der Waals surface area contributed by atoms with Gasteiger partial charge in [0.15, 0.2) is 10.9 Å². The van der Waals surface area contributed by atoms with E-state index in [0.29, 0.717) is 22.5 Å². The fraction of sp³-hybridized carbons (Fsp3) is 0.0526. The molecule has 1 heterocycles. The first-order valence-corrected chi connectivity index (χ1v) is 8.00. The number of thiophene rings is 1. The smallest absolute Gasteiger partial charge is 0.184 e. The molecule has 5 heteroatoms. The lowest BCUT2D eigenvalue weighted by Crippen LogP contribution is -2.20. The fourth-order valence-corrected chi connectivity index (χ4v) is 3.15. The molecule has 3 nitrogen and oxygen atoms in total. The van der Waals surface area contributed by atoms with Crippen molar-refractivity contribution >= 4 is 23.1 Å². The summed E-state index contributed by atoms with van der Waals surface area (Å²) in [5.74, 6) is -1.37. The molecule has 0 amide bonds. The summed E-state index contributed by atoms with van der Waals surface area (Å²) in [6.07, 6.45) is 0. The van der Waals surface area contributed by atoms with Crippen LogP contribution in [0.4, 0.5) is 4.39 Å². The lowest BCUT2D eigenvalue weighted by molar-refractivity contribution is -0.254. The summed E-state index contributed by atoms with van der Waals surface area (Å²) in [6.45, 7) is 1.51. The summed E-state index contributed by atoms with van der Waals surface area (Å²) in [6, 6.07) is 15.6. The van der Waals surface area contributed by atoms with Gasteiger partial charge in [0, 0.05) is 11.1 Å². The molecule has 0 radical (unpaired) electrons. The summed E-state index contributed by atoms with van der Waals surface area (Å²) in [7, 11) is 0. The Balaban J connectivity index is 1.90. The lowest BCUT2D eigenvalue weighted by Gasteiger charge is -2.05. The van der Waals surface area contributed by atoms with Gasteiger partial charge in [0.1, 0.15) is 0 Å². The molecule has 0 spiro atoms. The van der Waals surface area contributed by atoms with E-state index in [1.54, 1.807) is 24.3 Å². The summed E-state index contributed by atoms with van der Waals surface area (Å²) in [5.41, 5.74) is 3.35. The normalized spacial score (nSPS) is 10.6. The van der Waals surface area contributed by atoms with Crippen molar-refractivity contribution in [2.45, 2.75) is 6.92 Å². The topological polar surface area (TPSA) is 57.2 Å². The predicted molar refractivity (Wildman–Crippen MR) is 89.5 cm³/mol. The third-order valence-corrected chi connectivity index (χ3v) is 4.61. The quantitative estimate of drug-likeness (QED) is 0.680. The Morgan fingerprint density at radius 1 is 0.917 bits per heavy atom. The Labute approximate surface area is 142 Å². The van der Waals surface area contributed by atoms with Gasteiger partial charge in [-0.15, -0.1) is 11.3 Å². The molecule has 0 N–H and O–H groups in total. The van der Waals surface area contributed by atoms with Gasteiger partial charge in [-0.25, -0.2) is 0 Å². The largest absolute Gasteiger partial charge is 0.544 e. The number of hydrogen-bond acceptors (Lipinski definition) is 4. The van der Waals surface area contributed by atoms with Crippen molar-refractivity contribution in [1.82, 2.24) is 0 Å². The van der Waals surface area contributed by atoms with E-state index in [-0.39, 0.29) is 16.2 Å². The maximum Gasteiger partial charge on any atom is 0.184 e. The van der Waals surface area contributed by atoms with E-state index in [1.165, 1.54) is 13.0 Å². The average molecular weight is 339 g/mol. The van der Waals surface area contributed by atoms with Crippen molar-refractivity contribution in [2.75, 3.05) is 0 Å². The average Bonchev–Trinajstić information content (AvgIpc) is 2.97. The molecule has 0 aliphatic rings. The summed E-state index contributed by atoms with van der Waals surface area (Å²) in [4.78, 5) is 22.0. The molecule has 0 aliphatic heterocycles. The number of benzene rings is 2. The van der Waals surface area contributed by atoms with Gasteiger partial charge in [-0.2, -0.15) is 4.39 Å². The van der Waals surface area contributed by atoms with E-state index in [0.717, 1.165) is 11.1 Å². The van der Waals surface area contributed by atoms with E-state index in [2.05, 4.69) is 0 Å². The molecule has 24 heavy (non-hydrogen) atoms. The van der Waals surface area contributed by atoms with Gasteiger partial charge in [0.2, 0.25) is 0 Å². The monoisotopic (exact) mass is 339 g/mol. The van der Waals surface area contributed by atoms with Crippen LogP contribution in [0.15, 0.2) is 54.6 Å². The highest BCUT2D eigenvalue weighted by molar-refractivity contribution is 7.12. The standard InChI is InChI=1S/C19H13FO3S/c1-11(21)12-2-4-13(5-3-12)14-6-8-15(9-7-14)16-10-17(19(22)23)24-18(16)20/h2-10H,1H3,(H,22,23)/p-1. The molecule has 2 aromatic carbocycles. The number of hydrogen-bond donors (Lipinski definition) is 0. The van der Waals surface area contributed by atoms with Crippen LogP contribution < -0.4 is 5.11 Å². The number of carbonyl (C=O) groups excluding carboxylic acids is 2. The molecule has 0 saturated heterocycles. The van der Waals surface area contributed by atoms with Crippen LogP contribution in [0.3, 0.4) is 0 Å². The minimum atomic E-state index is -1.38. The van der Waals surface area contributed by atoms with Gasteiger partial charge < -0.3 is 9.90 Å². The maximum absolute atomic E-state index is 13.9. The second-order valence-electron chi connectivity index (χ2n) is 5.30. The Bertz CT molecular complexity index is 909. The van der Waals surface area contributed by atoms with Crippen LogP contribution in [0.5, 0.6) is 0 Å². The zero-order valence-electron chi connectivity index (χ0n) is 12.7.